The molecule has 0 spiro atoms. The molecular weight excluding hydrogens is 174 g/mol. The van der Waals surface area contributed by atoms with Gasteiger partial charge in [0.25, 0.3) is 0 Å². The number of likely N-dealkylation sites (tertiary alicyclic amines) is 1. The van der Waals surface area contributed by atoms with E-state index in [2.05, 4.69) is 25.7 Å². The molecule has 2 heteroatoms. The molecule has 2 fully saturated rings. The highest BCUT2D eigenvalue weighted by Gasteiger charge is 2.47. The van der Waals surface area contributed by atoms with Crippen LogP contribution in [-0.4, -0.2) is 23.9 Å². The lowest BCUT2D eigenvalue weighted by molar-refractivity contribution is -0.136. The van der Waals surface area contributed by atoms with Gasteiger partial charge in [0, 0.05) is 19.0 Å². The maximum atomic E-state index is 12.0. The van der Waals surface area contributed by atoms with Crippen LogP contribution in [0, 0.1) is 23.7 Å². The molecule has 0 aromatic carbocycles. The second-order valence-corrected chi connectivity index (χ2v) is 5.17. The summed E-state index contributed by atoms with van der Waals surface area (Å²) in [6, 6.07) is 0. The van der Waals surface area contributed by atoms with Gasteiger partial charge in [-0.05, 0) is 24.2 Å². The summed E-state index contributed by atoms with van der Waals surface area (Å²) in [6.45, 7) is 8.52. The van der Waals surface area contributed by atoms with Gasteiger partial charge in [0.05, 0.1) is 0 Å². The van der Waals surface area contributed by atoms with Crippen LogP contribution in [0.1, 0.15) is 33.6 Å². The maximum Gasteiger partial charge on any atom is 0.225 e. The fourth-order valence-electron chi connectivity index (χ4n) is 2.46. The largest absolute Gasteiger partial charge is 0.342 e. The second kappa shape index (κ2) is 3.56. The van der Waals surface area contributed by atoms with Crippen molar-refractivity contribution in [3.63, 3.8) is 0 Å². The number of nitrogens with zero attached hydrogens (tertiary/aromatic N) is 1. The summed E-state index contributed by atoms with van der Waals surface area (Å²) in [4.78, 5) is 14.1. The molecule has 14 heavy (non-hydrogen) atoms. The van der Waals surface area contributed by atoms with Gasteiger partial charge < -0.3 is 4.90 Å². The minimum Gasteiger partial charge on any atom is -0.342 e. The van der Waals surface area contributed by atoms with Gasteiger partial charge in [-0.2, -0.15) is 0 Å². The van der Waals surface area contributed by atoms with Crippen LogP contribution in [0.3, 0.4) is 0 Å². The van der Waals surface area contributed by atoms with Gasteiger partial charge in [-0.25, -0.2) is 0 Å². The first-order valence-electron chi connectivity index (χ1n) is 5.92. The SMILES string of the molecule is CC[C@H](C)C(C)C(=O)N1C[C@H]2C[C@H]2C1. The Hall–Kier alpha value is -0.530. The standard InChI is InChI=1S/C12H21NO/c1-4-8(2)9(3)12(14)13-6-10-5-11(10)7-13/h8-11H,4-7H2,1-3H3/t8-,9?,10-,11+/m0/s1. The molecule has 2 aliphatic rings. The van der Waals surface area contributed by atoms with E-state index < -0.39 is 0 Å². The van der Waals surface area contributed by atoms with Crippen molar-refractivity contribution in [2.24, 2.45) is 23.7 Å². The summed E-state index contributed by atoms with van der Waals surface area (Å²) < 4.78 is 0. The zero-order chi connectivity index (χ0) is 10.3. The predicted molar refractivity (Wildman–Crippen MR) is 56.8 cm³/mol. The molecular formula is C12H21NO. The third-order valence-electron chi connectivity index (χ3n) is 4.18. The summed E-state index contributed by atoms with van der Waals surface area (Å²) in [7, 11) is 0. The fourth-order valence-corrected chi connectivity index (χ4v) is 2.46. The van der Waals surface area contributed by atoms with E-state index in [4.69, 9.17) is 0 Å². The number of piperidine rings is 1. The van der Waals surface area contributed by atoms with E-state index in [0.717, 1.165) is 31.3 Å². The van der Waals surface area contributed by atoms with Gasteiger partial charge in [-0.15, -0.1) is 0 Å². The van der Waals surface area contributed by atoms with Crippen LogP contribution in [0.2, 0.25) is 0 Å². The highest BCUT2D eigenvalue weighted by molar-refractivity contribution is 5.79. The molecule has 1 aliphatic heterocycles. The predicted octanol–water partition coefficient (Wildman–Crippen LogP) is 2.15. The Morgan fingerprint density at radius 1 is 1.36 bits per heavy atom. The van der Waals surface area contributed by atoms with Gasteiger partial charge in [0.15, 0.2) is 0 Å². The zero-order valence-electron chi connectivity index (χ0n) is 9.49. The first-order chi connectivity index (χ1) is 6.63. The number of fused-ring (bicyclic) bond motifs is 1. The first-order valence-corrected chi connectivity index (χ1v) is 5.92. The minimum atomic E-state index is 0.220. The Morgan fingerprint density at radius 2 is 1.93 bits per heavy atom. The summed E-state index contributed by atoms with van der Waals surface area (Å²) in [6.07, 6.45) is 2.48. The first kappa shape index (κ1) is 10.0. The van der Waals surface area contributed by atoms with Crippen LogP contribution in [0.5, 0.6) is 0 Å². The third kappa shape index (κ3) is 1.67. The molecule has 1 heterocycles. The monoisotopic (exact) mass is 195 g/mol. The number of carbonyl (C=O) groups excluding carboxylic acids is 1. The Morgan fingerprint density at radius 3 is 2.43 bits per heavy atom. The van der Waals surface area contributed by atoms with Gasteiger partial charge in [0.1, 0.15) is 0 Å². The molecule has 0 aromatic rings. The molecule has 1 aliphatic carbocycles. The number of rotatable bonds is 3. The van der Waals surface area contributed by atoms with Crippen LogP contribution >= 0.6 is 0 Å². The van der Waals surface area contributed by atoms with E-state index in [1.54, 1.807) is 0 Å². The molecule has 0 radical (unpaired) electrons. The van der Waals surface area contributed by atoms with Gasteiger partial charge >= 0.3 is 0 Å². The fraction of sp³-hybridized carbons (Fsp3) is 0.917. The van der Waals surface area contributed by atoms with E-state index in [1.807, 2.05) is 0 Å². The van der Waals surface area contributed by atoms with Crippen molar-refractivity contribution in [3.8, 4) is 0 Å². The lowest BCUT2D eigenvalue weighted by Crippen LogP contribution is -2.36. The second-order valence-electron chi connectivity index (χ2n) is 5.17. The highest BCUT2D eigenvalue weighted by atomic mass is 16.2. The van der Waals surface area contributed by atoms with Gasteiger partial charge in [-0.1, -0.05) is 27.2 Å². The molecule has 0 aromatic heterocycles. The van der Waals surface area contributed by atoms with Crippen molar-refractivity contribution in [3.05, 3.63) is 0 Å². The molecule has 2 rings (SSSR count). The molecule has 1 saturated heterocycles. The quantitative estimate of drug-likeness (QED) is 0.675. The van der Waals surface area contributed by atoms with Crippen molar-refractivity contribution in [1.29, 1.82) is 0 Å². The number of hydrogen-bond acceptors (Lipinski definition) is 1. The number of amides is 1. The number of hydrogen-bond donors (Lipinski definition) is 0. The molecule has 2 nitrogen and oxygen atoms in total. The summed E-state index contributed by atoms with van der Waals surface area (Å²) in [5.74, 6) is 2.87. The van der Waals surface area contributed by atoms with Crippen LogP contribution in [0.15, 0.2) is 0 Å². The lowest BCUT2D eigenvalue weighted by atomic mass is 9.92. The lowest BCUT2D eigenvalue weighted by Gasteiger charge is -2.25. The van der Waals surface area contributed by atoms with Crippen LogP contribution in [0.4, 0.5) is 0 Å². The topological polar surface area (TPSA) is 20.3 Å². The summed E-state index contributed by atoms with van der Waals surface area (Å²) in [5.41, 5.74) is 0. The third-order valence-corrected chi connectivity index (χ3v) is 4.18. The average Bonchev–Trinajstić information content (AvgIpc) is 2.82. The van der Waals surface area contributed by atoms with Crippen molar-refractivity contribution in [2.75, 3.05) is 13.1 Å². The molecule has 0 bridgehead atoms. The molecule has 0 N–H and O–H groups in total. The van der Waals surface area contributed by atoms with Gasteiger partial charge in [0.2, 0.25) is 5.91 Å². The number of carbonyl (C=O) groups is 1. The Kier molecular flexibility index (Phi) is 2.54. The van der Waals surface area contributed by atoms with E-state index in [-0.39, 0.29) is 5.92 Å². The van der Waals surface area contributed by atoms with Crippen molar-refractivity contribution in [1.82, 2.24) is 4.90 Å². The average molecular weight is 195 g/mol. The normalized spacial score (nSPS) is 33.8. The van der Waals surface area contributed by atoms with Gasteiger partial charge in [-0.3, -0.25) is 4.79 Å². The molecule has 4 atom stereocenters. The zero-order valence-corrected chi connectivity index (χ0v) is 9.49. The van der Waals surface area contributed by atoms with Crippen molar-refractivity contribution in [2.45, 2.75) is 33.6 Å². The van der Waals surface area contributed by atoms with E-state index in [9.17, 15) is 4.79 Å². The van der Waals surface area contributed by atoms with Crippen LogP contribution in [-0.2, 0) is 4.79 Å². The van der Waals surface area contributed by atoms with E-state index in [0.29, 0.717) is 11.8 Å². The van der Waals surface area contributed by atoms with Crippen LogP contribution in [0.25, 0.3) is 0 Å². The Bertz CT molecular complexity index is 224. The minimum absolute atomic E-state index is 0.220. The molecule has 1 saturated carbocycles. The summed E-state index contributed by atoms with van der Waals surface area (Å²) in [5, 5.41) is 0. The molecule has 80 valence electrons. The Labute approximate surface area is 86.7 Å². The Balaban J connectivity index is 1.88. The van der Waals surface area contributed by atoms with E-state index >= 15 is 0 Å². The summed E-state index contributed by atoms with van der Waals surface area (Å²) >= 11 is 0. The van der Waals surface area contributed by atoms with Crippen molar-refractivity contribution >= 4 is 5.91 Å². The molecule has 1 amide bonds. The van der Waals surface area contributed by atoms with Crippen molar-refractivity contribution < 1.29 is 4.79 Å². The maximum absolute atomic E-state index is 12.0. The smallest absolute Gasteiger partial charge is 0.225 e. The van der Waals surface area contributed by atoms with Crippen LogP contribution < -0.4 is 0 Å². The van der Waals surface area contributed by atoms with E-state index in [1.165, 1.54) is 6.42 Å². The highest BCUT2D eigenvalue weighted by Crippen LogP contribution is 2.45. The molecule has 1 unspecified atom stereocenters.